The molecule has 0 heterocycles. The molecular weight excluding hydrogens is 295 g/mol. The first kappa shape index (κ1) is 13.5. The first-order chi connectivity index (χ1) is 7.31. The van der Waals surface area contributed by atoms with Gasteiger partial charge in [-0.25, -0.2) is 4.39 Å². The SMILES string of the molecule is CC(C)(SCc1cc(F)cc(Br)c1)C(=O)O. The van der Waals surface area contributed by atoms with E-state index in [4.69, 9.17) is 5.11 Å². The van der Waals surface area contributed by atoms with Crippen molar-refractivity contribution < 1.29 is 14.3 Å². The summed E-state index contributed by atoms with van der Waals surface area (Å²) in [5.74, 6) is -0.721. The van der Waals surface area contributed by atoms with E-state index >= 15 is 0 Å². The number of carbonyl (C=O) groups is 1. The maximum Gasteiger partial charge on any atom is 0.319 e. The van der Waals surface area contributed by atoms with E-state index in [9.17, 15) is 9.18 Å². The van der Waals surface area contributed by atoms with E-state index in [0.29, 0.717) is 10.2 Å². The van der Waals surface area contributed by atoms with Crippen LogP contribution in [-0.4, -0.2) is 15.8 Å². The third-order valence-electron chi connectivity index (χ3n) is 2.04. The smallest absolute Gasteiger partial charge is 0.319 e. The molecule has 16 heavy (non-hydrogen) atoms. The summed E-state index contributed by atoms with van der Waals surface area (Å²) in [7, 11) is 0. The number of aliphatic carboxylic acids is 1. The molecule has 0 spiro atoms. The first-order valence-corrected chi connectivity index (χ1v) is 6.41. The fourth-order valence-corrected chi connectivity index (χ4v) is 2.35. The second-order valence-corrected chi connectivity index (χ2v) is 6.40. The number of thioether (sulfide) groups is 1. The van der Waals surface area contributed by atoms with Crippen molar-refractivity contribution in [3.8, 4) is 0 Å². The lowest BCUT2D eigenvalue weighted by Gasteiger charge is -2.18. The van der Waals surface area contributed by atoms with Crippen molar-refractivity contribution in [3.63, 3.8) is 0 Å². The van der Waals surface area contributed by atoms with Gasteiger partial charge in [0.25, 0.3) is 0 Å². The summed E-state index contributed by atoms with van der Waals surface area (Å²) in [5, 5.41) is 8.92. The molecule has 0 saturated heterocycles. The number of rotatable bonds is 4. The van der Waals surface area contributed by atoms with Gasteiger partial charge in [-0.05, 0) is 37.6 Å². The van der Waals surface area contributed by atoms with Crippen LogP contribution >= 0.6 is 27.7 Å². The highest BCUT2D eigenvalue weighted by atomic mass is 79.9. The molecule has 1 aromatic rings. The molecule has 5 heteroatoms. The van der Waals surface area contributed by atoms with Gasteiger partial charge in [-0.15, -0.1) is 11.8 Å². The topological polar surface area (TPSA) is 37.3 Å². The quantitative estimate of drug-likeness (QED) is 0.922. The van der Waals surface area contributed by atoms with Crippen LogP contribution in [0.15, 0.2) is 22.7 Å². The predicted octanol–water partition coefficient (Wildman–Crippen LogP) is 3.68. The van der Waals surface area contributed by atoms with Crippen molar-refractivity contribution in [1.29, 1.82) is 0 Å². The van der Waals surface area contributed by atoms with E-state index in [1.165, 1.54) is 23.9 Å². The fraction of sp³-hybridized carbons (Fsp3) is 0.364. The number of hydrogen-bond donors (Lipinski definition) is 1. The van der Waals surface area contributed by atoms with E-state index in [1.54, 1.807) is 19.9 Å². The van der Waals surface area contributed by atoms with Crippen LogP contribution < -0.4 is 0 Å². The maximum atomic E-state index is 13.1. The molecule has 0 aliphatic carbocycles. The standard InChI is InChI=1S/C11H12BrFO2S/c1-11(2,10(14)15)16-6-7-3-8(12)5-9(13)4-7/h3-5H,6H2,1-2H3,(H,14,15). The van der Waals surface area contributed by atoms with Gasteiger partial charge in [-0.2, -0.15) is 0 Å². The normalized spacial score (nSPS) is 11.5. The van der Waals surface area contributed by atoms with Gasteiger partial charge in [-0.3, -0.25) is 4.79 Å². The van der Waals surface area contributed by atoms with Crippen molar-refractivity contribution in [2.45, 2.75) is 24.3 Å². The van der Waals surface area contributed by atoms with Gasteiger partial charge < -0.3 is 5.11 Å². The maximum absolute atomic E-state index is 13.1. The van der Waals surface area contributed by atoms with Crippen molar-refractivity contribution in [3.05, 3.63) is 34.1 Å². The number of benzene rings is 1. The molecule has 0 amide bonds. The lowest BCUT2D eigenvalue weighted by molar-refractivity contribution is -0.138. The minimum Gasteiger partial charge on any atom is -0.480 e. The third-order valence-corrected chi connectivity index (χ3v) is 3.87. The van der Waals surface area contributed by atoms with E-state index in [2.05, 4.69) is 15.9 Å². The molecule has 1 N–H and O–H groups in total. The molecule has 0 aromatic heterocycles. The zero-order valence-corrected chi connectivity index (χ0v) is 11.4. The van der Waals surface area contributed by atoms with Gasteiger partial charge in [0.1, 0.15) is 10.6 Å². The fourth-order valence-electron chi connectivity index (χ4n) is 1.02. The van der Waals surface area contributed by atoms with Crippen LogP contribution in [0.25, 0.3) is 0 Å². The zero-order valence-electron chi connectivity index (χ0n) is 8.96. The molecule has 0 aliphatic heterocycles. The predicted molar refractivity (Wildman–Crippen MR) is 67.1 cm³/mol. The number of carboxylic acid groups (broad SMARTS) is 1. The molecule has 0 unspecified atom stereocenters. The van der Waals surface area contributed by atoms with Crippen LogP contribution in [0.4, 0.5) is 4.39 Å². The monoisotopic (exact) mass is 306 g/mol. The highest BCUT2D eigenvalue weighted by Gasteiger charge is 2.27. The Labute approximate surface area is 106 Å². The summed E-state index contributed by atoms with van der Waals surface area (Å²) < 4.78 is 12.9. The molecule has 1 rings (SSSR count). The van der Waals surface area contributed by atoms with Crippen LogP contribution in [0.5, 0.6) is 0 Å². The van der Waals surface area contributed by atoms with Crippen LogP contribution in [0.3, 0.4) is 0 Å². The third kappa shape index (κ3) is 3.79. The summed E-state index contributed by atoms with van der Waals surface area (Å²) in [4.78, 5) is 10.9. The van der Waals surface area contributed by atoms with Crippen LogP contribution in [0.2, 0.25) is 0 Å². The average Bonchev–Trinajstić information content (AvgIpc) is 2.13. The van der Waals surface area contributed by atoms with Crippen LogP contribution in [0, 0.1) is 5.82 Å². The second-order valence-electron chi connectivity index (χ2n) is 3.88. The van der Waals surface area contributed by atoms with Gasteiger partial charge >= 0.3 is 5.97 Å². The highest BCUT2D eigenvalue weighted by Crippen LogP contribution is 2.29. The summed E-state index contributed by atoms with van der Waals surface area (Å²) in [6.07, 6.45) is 0. The Hall–Kier alpha value is -0.550. The minimum absolute atomic E-state index is 0.321. The van der Waals surface area contributed by atoms with Crippen molar-refractivity contribution in [1.82, 2.24) is 0 Å². The zero-order chi connectivity index (χ0) is 12.3. The van der Waals surface area contributed by atoms with Crippen molar-refractivity contribution in [2.24, 2.45) is 0 Å². The molecule has 0 fully saturated rings. The molecule has 0 aliphatic rings. The molecule has 2 nitrogen and oxygen atoms in total. The number of halogens is 2. The molecule has 0 bridgehead atoms. The lowest BCUT2D eigenvalue weighted by atomic mass is 10.2. The molecule has 88 valence electrons. The summed E-state index contributed by atoms with van der Waals surface area (Å²) >= 11 is 4.47. The Morgan fingerprint density at radius 1 is 1.50 bits per heavy atom. The second kappa shape index (κ2) is 5.19. The molecule has 0 radical (unpaired) electrons. The molecular formula is C11H12BrFO2S. The van der Waals surface area contributed by atoms with Crippen LogP contribution in [0.1, 0.15) is 19.4 Å². The highest BCUT2D eigenvalue weighted by molar-refractivity contribution is 9.10. The summed E-state index contributed by atoms with van der Waals surface area (Å²) in [5.41, 5.74) is 0.770. The first-order valence-electron chi connectivity index (χ1n) is 4.63. The Morgan fingerprint density at radius 3 is 2.62 bits per heavy atom. The Kier molecular flexibility index (Phi) is 4.38. The Morgan fingerprint density at radius 2 is 2.12 bits per heavy atom. The van der Waals surface area contributed by atoms with Gasteiger partial charge in [0.15, 0.2) is 0 Å². The van der Waals surface area contributed by atoms with E-state index in [-0.39, 0.29) is 5.82 Å². The molecule has 0 saturated carbocycles. The van der Waals surface area contributed by atoms with Gasteiger partial charge in [0, 0.05) is 10.2 Å². The lowest BCUT2D eigenvalue weighted by Crippen LogP contribution is -2.27. The van der Waals surface area contributed by atoms with Gasteiger partial charge in [-0.1, -0.05) is 15.9 Å². The van der Waals surface area contributed by atoms with Gasteiger partial charge in [0.05, 0.1) is 0 Å². The Balaban J connectivity index is 2.71. The number of hydrogen-bond acceptors (Lipinski definition) is 2. The van der Waals surface area contributed by atoms with E-state index in [0.717, 1.165) is 5.56 Å². The summed E-state index contributed by atoms with van der Waals surface area (Å²) in [6.45, 7) is 3.27. The van der Waals surface area contributed by atoms with Crippen LogP contribution in [-0.2, 0) is 10.5 Å². The summed E-state index contributed by atoms with van der Waals surface area (Å²) in [6, 6.07) is 4.57. The van der Waals surface area contributed by atoms with E-state index < -0.39 is 10.7 Å². The minimum atomic E-state index is -0.868. The van der Waals surface area contributed by atoms with Crippen molar-refractivity contribution in [2.75, 3.05) is 0 Å². The molecule has 1 aromatic carbocycles. The van der Waals surface area contributed by atoms with E-state index in [1.807, 2.05) is 0 Å². The average molecular weight is 307 g/mol. The van der Waals surface area contributed by atoms with Gasteiger partial charge in [0.2, 0.25) is 0 Å². The number of carboxylic acids is 1. The molecule has 0 atom stereocenters. The van der Waals surface area contributed by atoms with Crippen molar-refractivity contribution >= 4 is 33.7 Å². The Bertz CT molecular complexity index is 387. The largest absolute Gasteiger partial charge is 0.480 e.